The average Bonchev–Trinajstić information content (AvgIpc) is 2.37. The van der Waals surface area contributed by atoms with Crippen LogP contribution in [0.25, 0.3) is 0 Å². The lowest BCUT2D eigenvalue weighted by molar-refractivity contribution is 0.483. The summed E-state index contributed by atoms with van der Waals surface area (Å²) in [6.45, 7) is 3.17. The molecule has 0 spiro atoms. The number of hydrogen-bond acceptors (Lipinski definition) is 1. The highest BCUT2D eigenvalue weighted by Crippen LogP contribution is 2.23. The van der Waals surface area contributed by atoms with Crippen molar-refractivity contribution in [1.82, 2.24) is 5.32 Å². The first kappa shape index (κ1) is 15.4. The van der Waals surface area contributed by atoms with Crippen molar-refractivity contribution >= 4 is 23.2 Å². The van der Waals surface area contributed by atoms with Gasteiger partial charge in [0, 0.05) is 12.5 Å². The number of nitrogens with one attached hydrogen (secondary N) is 1. The molecule has 1 atom stereocenters. The van der Waals surface area contributed by atoms with Crippen LogP contribution in [0.2, 0.25) is 10.0 Å². The molecule has 0 aliphatic heterocycles. The van der Waals surface area contributed by atoms with Gasteiger partial charge in [0.25, 0.3) is 0 Å². The van der Waals surface area contributed by atoms with Crippen molar-refractivity contribution in [3.05, 3.63) is 33.8 Å². The Morgan fingerprint density at radius 3 is 2.72 bits per heavy atom. The third-order valence-corrected chi connectivity index (χ3v) is 3.53. The van der Waals surface area contributed by atoms with Crippen LogP contribution in [0.5, 0.6) is 0 Å². The minimum Gasteiger partial charge on any atom is -0.314 e. The molecular formula is C15H19Cl2N. The minimum atomic E-state index is 0.401. The van der Waals surface area contributed by atoms with E-state index in [-0.39, 0.29) is 0 Å². The third kappa shape index (κ3) is 5.31. The summed E-state index contributed by atoms with van der Waals surface area (Å²) >= 11 is 11.9. The van der Waals surface area contributed by atoms with Crippen LogP contribution < -0.4 is 5.32 Å². The highest BCUT2D eigenvalue weighted by atomic mass is 35.5. The topological polar surface area (TPSA) is 12.0 Å². The molecule has 0 fully saturated rings. The quantitative estimate of drug-likeness (QED) is 0.735. The molecule has 0 saturated carbocycles. The van der Waals surface area contributed by atoms with E-state index in [2.05, 4.69) is 18.2 Å². The maximum Gasteiger partial charge on any atom is 0.0595 e. The zero-order chi connectivity index (χ0) is 13.4. The standard InChI is InChI=1S/C15H19Cl2N/c1-3-5-6-13(18-9-4-2)10-12-7-8-14(16)15(17)11-12/h1,7-8,11,13,18H,4-6,9-10H2,2H3. The van der Waals surface area contributed by atoms with Crippen molar-refractivity contribution in [2.75, 3.05) is 6.54 Å². The fraction of sp³-hybridized carbons (Fsp3) is 0.467. The summed E-state index contributed by atoms with van der Waals surface area (Å²) in [5.41, 5.74) is 1.19. The molecule has 1 unspecified atom stereocenters. The van der Waals surface area contributed by atoms with Gasteiger partial charge in [0.2, 0.25) is 0 Å². The minimum absolute atomic E-state index is 0.401. The molecule has 0 amide bonds. The maximum absolute atomic E-state index is 6.02. The molecule has 0 bridgehead atoms. The highest BCUT2D eigenvalue weighted by molar-refractivity contribution is 6.42. The number of rotatable bonds is 7. The molecule has 0 heterocycles. The maximum atomic E-state index is 6.02. The molecule has 1 rings (SSSR count). The number of hydrogen-bond donors (Lipinski definition) is 1. The molecule has 18 heavy (non-hydrogen) atoms. The van der Waals surface area contributed by atoms with Crippen molar-refractivity contribution in [2.24, 2.45) is 0 Å². The van der Waals surface area contributed by atoms with E-state index in [4.69, 9.17) is 29.6 Å². The Morgan fingerprint density at radius 2 is 2.11 bits per heavy atom. The predicted molar refractivity (Wildman–Crippen MR) is 80.3 cm³/mol. The van der Waals surface area contributed by atoms with Gasteiger partial charge in [0.15, 0.2) is 0 Å². The molecule has 1 aromatic rings. The summed E-state index contributed by atoms with van der Waals surface area (Å²) in [6.07, 6.45) is 9.15. The van der Waals surface area contributed by atoms with E-state index in [1.807, 2.05) is 18.2 Å². The summed E-state index contributed by atoms with van der Waals surface area (Å²) < 4.78 is 0. The average molecular weight is 284 g/mol. The van der Waals surface area contributed by atoms with Crippen LogP contribution in [-0.4, -0.2) is 12.6 Å². The van der Waals surface area contributed by atoms with Crippen molar-refractivity contribution in [1.29, 1.82) is 0 Å². The zero-order valence-corrected chi connectivity index (χ0v) is 12.2. The lowest BCUT2D eigenvalue weighted by Crippen LogP contribution is -2.31. The Bertz CT molecular complexity index is 409. The molecule has 0 radical (unpaired) electrons. The fourth-order valence-electron chi connectivity index (χ4n) is 1.83. The first-order chi connectivity index (χ1) is 8.67. The van der Waals surface area contributed by atoms with Crippen LogP contribution in [0.1, 0.15) is 31.7 Å². The van der Waals surface area contributed by atoms with Crippen molar-refractivity contribution < 1.29 is 0 Å². The first-order valence-electron chi connectivity index (χ1n) is 6.28. The Labute approximate surface area is 120 Å². The van der Waals surface area contributed by atoms with Crippen LogP contribution in [0, 0.1) is 12.3 Å². The summed E-state index contributed by atoms with van der Waals surface area (Å²) in [7, 11) is 0. The molecular weight excluding hydrogens is 265 g/mol. The van der Waals surface area contributed by atoms with Crippen LogP contribution in [0.4, 0.5) is 0 Å². The summed E-state index contributed by atoms with van der Waals surface area (Å²) in [5.74, 6) is 2.69. The summed E-state index contributed by atoms with van der Waals surface area (Å²) in [6, 6.07) is 6.20. The smallest absolute Gasteiger partial charge is 0.0595 e. The second-order valence-electron chi connectivity index (χ2n) is 4.35. The van der Waals surface area contributed by atoms with E-state index in [1.165, 1.54) is 5.56 Å². The Hall–Kier alpha value is -0.680. The molecule has 98 valence electrons. The van der Waals surface area contributed by atoms with Gasteiger partial charge in [-0.05, 0) is 43.5 Å². The lowest BCUT2D eigenvalue weighted by atomic mass is 10.0. The van der Waals surface area contributed by atoms with Gasteiger partial charge < -0.3 is 5.32 Å². The van der Waals surface area contributed by atoms with Crippen molar-refractivity contribution in [3.63, 3.8) is 0 Å². The molecule has 0 saturated heterocycles. The SMILES string of the molecule is C#CCCC(Cc1ccc(Cl)c(Cl)c1)NCCC. The molecule has 0 aromatic heterocycles. The number of terminal acetylenes is 1. The Balaban J connectivity index is 2.63. The molecule has 1 nitrogen and oxygen atoms in total. The summed E-state index contributed by atoms with van der Waals surface area (Å²) in [4.78, 5) is 0. The monoisotopic (exact) mass is 283 g/mol. The molecule has 1 aromatic carbocycles. The normalized spacial score (nSPS) is 12.1. The van der Waals surface area contributed by atoms with Crippen LogP contribution in [-0.2, 0) is 6.42 Å². The number of halogens is 2. The van der Waals surface area contributed by atoms with Crippen molar-refractivity contribution in [2.45, 2.75) is 38.6 Å². The van der Waals surface area contributed by atoms with E-state index >= 15 is 0 Å². The van der Waals surface area contributed by atoms with Gasteiger partial charge in [-0.25, -0.2) is 0 Å². The number of benzene rings is 1. The van der Waals surface area contributed by atoms with Gasteiger partial charge in [0.1, 0.15) is 0 Å². The molecule has 0 aliphatic carbocycles. The molecule has 1 N–H and O–H groups in total. The summed E-state index contributed by atoms with van der Waals surface area (Å²) in [5, 5.41) is 4.73. The zero-order valence-electron chi connectivity index (χ0n) is 10.7. The highest BCUT2D eigenvalue weighted by Gasteiger charge is 2.09. The Kier molecular flexibility index (Phi) is 7.20. The molecule has 0 aliphatic rings. The van der Waals surface area contributed by atoms with Gasteiger partial charge in [0.05, 0.1) is 10.0 Å². The van der Waals surface area contributed by atoms with E-state index in [1.54, 1.807) is 0 Å². The second kappa shape index (κ2) is 8.43. The predicted octanol–water partition coefficient (Wildman–Crippen LogP) is 4.32. The third-order valence-electron chi connectivity index (χ3n) is 2.79. The van der Waals surface area contributed by atoms with Crippen LogP contribution in [0.3, 0.4) is 0 Å². The van der Waals surface area contributed by atoms with Gasteiger partial charge in [-0.3, -0.25) is 0 Å². The van der Waals surface area contributed by atoms with Gasteiger partial charge in [-0.15, -0.1) is 12.3 Å². The fourth-order valence-corrected chi connectivity index (χ4v) is 2.15. The lowest BCUT2D eigenvalue weighted by Gasteiger charge is -2.17. The van der Waals surface area contributed by atoms with Crippen molar-refractivity contribution in [3.8, 4) is 12.3 Å². The van der Waals surface area contributed by atoms with E-state index in [9.17, 15) is 0 Å². The van der Waals surface area contributed by atoms with E-state index in [0.717, 1.165) is 32.2 Å². The largest absolute Gasteiger partial charge is 0.314 e. The Morgan fingerprint density at radius 1 is 1.33 bits per heavy atom. The van der Waals surface area contributed by atoms with Crippen LogP contribution in [0.15, 0.2) is 18.2 Å². The van der Waals surface area contributed by atoms with Gasteiger partial charge in [-0.1, -0.05) is 36.2 Å². The first-order valence-corrected chi connectivity index (χ1v) is 7.03. The van der Waals surface area contributed by atoms with Gasteiger partial charge >= 0.3 is 0 Å². The molecule has 3 heteroatoms. The van der Waals surface area contributed by atoms with Crippen LogP contribution >= 0.6 is 23.2 Å². The van der Waals surface area contributed by atoms with E-state index in [0.29, 0.717) is 16.1 Å². The van der Waals surface area contributed by atoms with E-state index < -0.39 is 0 Å². The van der Waals surface area contributed by atoms with Gasteiger partial charge in [-0.2, -0.15) is 0 Å². The second-order valence-corrected chi connectivity index (χ2v) is 5.16.